The molecule has 0 bridgehead atoms. The predicted molar refractivity (Wildman–Crippen MR) is 53.5 cm³/mol. The van der Waals surface area contributed by atoms with Crippen molar-refractivity contribution in [1.29, 1.82) is 0 Å². The number of nitrogens with zero attached hydrogens (tertiary/aromatic N) is 1. The molecule has 1 saturated heterocycles. The first-order valence-corrected chi connectivity index (χ1v) is 5.08. The van der Waals surface area contributed by atoms with Crippen molar-refractivity contribution < 1.29 is 4.74 Å². The zero-order valence-electron chi connectivity index (χ0n) is 7.16. The normalized spacial score (nSPS) is 23.0. The SMILES string of the molecule is Brc1cc([C@@H]2COCCN2)ccn1. The zero-order valence-corrected chi connectivity index (χ0v) is 8.75. The van der Waals surface area contributed by atoms with Gasteiger partial charge >= 0.3 is 0 Å². The maximum atomic E-state index is 5.38. The fourth-order valence-electron chi connectivity index (χ4n) is 1.41. The number of hydrogen-bond acceptors (Lipinski definition) is 3. The molecule has 1 N–H and O–H groups in total. The molecule has 0 spiro atoms. The maximum absolute atomic E-state index is 5.38. The van der Waals surface area contributed by atoms with Crippen molar-refractivity contribution >= 4 is 15.9 Å². The molecule has 3 nitrogen and oxygen atoms in total. The first-order valence-electron chi connectivity index (χ1n) is 4.29. The first-order chi connectivity index (χ1) is 6.36. The fraction of sp³-hybridized carbons (Fsp3) is 0.444. The van der Waals surface area contributed by atoms with E-state index in [2.05, 4.69) is 26.2 Å². The summed E-state index contributed by atoms with van der Waals surface area (Å²) in [5, 5.41) is 3.39. The van der Waals surface area contributed by atoms with Gasteiger partial charge in [-0.3, -0.25) is 0 Å². The number of nitrogens with one attached hydrogen (secondary N) is 1. The molecule has 1 aromatic heterocycles. The van der Waals surface area contributed by atoms with Gasteiger partial charge in [-0.1, -0.05) is 0 Å². The Kier molecular flexibility index (Phi) is 2.93. The average molecular weight is 243 g/mol. The number of hydrogen-bond donors (Lipinski definition) is 1. The van der Waals surface area contributed by atoms with E-state index in [1.54, 1.807) is 6.20 Å². The summed E-state index contributed by atoms with van der Waals surface area (Å²) in [6, 6.07) is 4.34. The lowest BCUT2D eigenvalue weighted by Gasteiger charge is -2.23. The Labute approximate surface area is 85.6 Å². The van der Waals surface area contributed by atoms with E-state index in [1.165, 1.54) is 5.56 Å². The van der Waals surface area contributed by atoms with Crippen LogP contribution in [-0.2, 0) is 4.74 Å². The third-order valence-corrected chi connectivity index (χ3v) is 2.51. The largest absolute Gasteiger partial charge is 0.378 e. The van der Waals surface area contributed by atoms with Crippen LogP contribution in [0.3, 0.4) is 0 Å². The highest BCUT2D eigenvalue weighted by Crippen LogP contribution is 2.17. The molecule has 1 aliphatic heterocycles. The van der Waals surface area contributed by atoms with Crippen LogP contribution in [0.2, 0.25) is 0 Å². The van der Waals surface area contributed by atoms with E-state index in [1.807, 2.05) is 12.1 Å². The summed E-state index contributed by atoms with van der Waals surface area (Å²) in [6.07, 6.45) is 1.80. The summed E-state index contributed by atoms with van der Waals surface area (Å²) in [6.45, 7) is 2.48. The number of pyridine rings is 1. The lowest BCUT2D eigenvalue weighted by atomic mass is 10.1. The number of aromatic nitrogens is 1. The summed E-state index contributed by atoms with van der Waals surface area (Å²) in [5.74, 6) is 0. The molecule has 0 aromatic carbocycles. The summed E-state index contributed by atoms with van der Waals surface area (Å²) in [7, 11) is 0. The van der Waals surface area contributed by atoms with Crippen molar-refractivity contribution in [2.75, 3.05) is 19.8 Å². The molecule has 1 fully saturated rings. The molecule has 0 saturated carbocycles. The van der Waals surface area contributed by atoms with Crippen LogP contribution in [0.4, 0.5) is 0 Å². The minimum absolute atomic E-state index is 0.313. The van der Waals surface area contributed by atoms with E-state index in [-0.39, 0.29) is 0 Å². The van der Waals surface area contributed by atoms with Gasteiger partial charge in [0.2, 0.25) is 0 Å². The monoisotopic (exact) mass is 242 g/mol. The minimum atomic E-state index is 0.313. The molecule has 13 heavy (non-hydrogen) atoms. The average Bonchev–Trinajstić information content (AvgIpc) is 2.19. The second kappa shape index (κ2) is 4.17. The second-order valence-corrected chi connectivity index (χ2v) is 3.81. The molecule has 0 unspecified atom stereocenters. The van der Waals surface area contributed by atoms with Crippen molar-refractivity contribution in [2.24, 2.45) is 0 Å². The molecule has 1 atom stereocenters. The molecule has 2 rings (SSSR count). The van der Waals surface area contributed by atoms with Gasteiger partial charge in [0.25, 0.3) is 0 Å². The standard InChI is InChI=1S/C9H11BrN2O/c10-9-5-7(1-2-12-9)8-6-13-4-3-11-8/h1-2,5,8,11H,3-4,6H2/t8-/m0/s1. The first kappa shape index (κ1) is 9.12. The van der Waals surface area contributed by atoms with Crippen LogP contribution in [0.15, 0.2) is 22.9 Å². The Morgan fingerprint density at radius 1 is 1.62 bits per heavy atom. The highest BCUT2D eigenvalue weighted by molar-refractivity contribution is 9.10. The van der Waals surface area contributed by atoms with Crippen LogP contribution in [0.5, 0.6) is 0 Å². The van der Waals surface area contributed by atoms with Gasteiger partial charge in [-0.25, -0.2) is 4.98 Å². The maximum Gasteiger partial charge on any atom is 0.106 e. The van der Waals surface area contributed by atoms with Crippen molar-refractivity contribution in [3.8, 4) is 0 Å². The minimum Gasteiger partial charge on any atom is -0.378 e. The van der Waals surface area contributed by atoms with Crippen LogP contribution in [-0.4, -0.2) is 24.7 Å². The van der Waals surface area contributed by atoms with Crippen LogP contribution < -0.4 is 5.32 Å². The predicted octanol–water partition coefficient (Wildman–Crippen LogP) is 1.50. The van der Waals surface area contributed by atoms with Gasteiger partial charge in [0.1, 0.15) is 4.60 Å². The number of ether oxygens (including phenoxy) is 1. The Bertz CT molecular complexity index is 287. The summed E-state index contributed by atoms with van der Waals surface area (Å²) in [4.78, 5) is 4.08. The molecule has 70 valence electrons. The Morgan fingerprint density at radius 3 is 3.23 bits per heavy atom. The quantitative estimate of drug-likeness (QED) is 0.759. The van der Waals surface area contributed by atoms with Gasteiger partial charge in [0, 0.05) is 12.7 Å². The summed E-state index contributed by atoms with van der Waals surface area (Å²) in [5.41, 5.74) is 1.22. The topological polar surface area (TPSA) is 34.1 Å². The molecular weight excluding hydrogens is 232 g/mol. The molecule has 0 radical (unpaired) electrons. The molecule has 0 amide bonds. The van der Waals surface area contributed by atoms with Gasteiger partial charge < -0.3 is 10.1 Å². The number of rotatable bonds is 1. The highest BCUT2D eigenvalue weighted by Gasteiger charge is 2.14. The van der Waals surface area contributed by atoms with Crippen LogP contribution in [0.25, 0.3) is 0 Å². The fourth-order valence-corrected chi connectivity index (χ4v) is 1.80. The van der Waals surface area contributed by atoms with Crippen LogP contribution in [0, 0.1) is 0 Å². The lowest BCUT2D eigenvalue weighted by molar-refractivity contribution is 0.0768. The Balaban J connectivity index is 2.14. The van der Waals surface area contributed by atoms with E-state index < -0.39 is 0 Å². The zero-order chi connectivity index (χ0) is 9.10. The van der Waals surface area contributed by atoms with Crippen molar-refractivity contribution in [1.82, 2.24) is 10.3 Å². The summed E-state index contributed by atoms with van der Waals surface area (Å²) >= 11 is 3.35. The van der Waals surface area contributed by atoms with Gasteiger partial charge in [-0.05, 0) is 33.6 Å². The van der Waals surface area contributed by atoms with Gasteiger partial charge in [0.15, 0.2) is 0 Å². The highest BCUT2D eigenvalue weighted by atomic mass is 79.9. The molecule has 0 aliphatic carbocycles. The van der Waals surface area contributed by atoms with E-state index >= 15 is 0 Å². The van der Waals surface area contributed by atoms with Crippen molar-refractivity contribution in [3.05, 3.63) is 28.5 Å². The van der Waals surface area contributed by atoms with Gasteiger partial charge in [-0.15, -0.1) is 0 Å². The number of halogens is 1. The van der Waals surface area contributed by atoms with Gasteiger partial charge in [-0.2, -0.15) is 0 Å². The number of morpholine rings is 1. The van der Waals surface area contributed by atoms with E-state index in [0.717, 1.165) is 24.4 Å². The van der Waals surface area contributed by atoms with Crippen molar-refractivity contribution in [2.45, 2.75) is 6.04 Å². The second-order valence-electron chi connectivity index (χ2n) is 2.99. The molecule has 4 heteroatoms. The van der Waals surface area contributed by atoms with E-state index in [0.29, 0.717) is 6.04 Å². The smallest absolute Gasteiger partial charge is 0.106 e. The Morgan fingerprint density at radius 2 is 2.54 bits per heavy atom. The molecule has 2 heterocycles. The van der Waals surface area contributed by atoms with E-state index in [4.69, 9.17) is 4.74 Å². The van der Waals surface area contributed by atoms with Gasteiger partial charge in [0.05, 0.1) is 19.3 Å². The third-order valence-electron chi connectivity index (χ3n) is 2.07. The van der Waals surface area contributed by atoms with Crippen LogP contribution in [0.1, 0.15) is 11.6 Å². The molecule has 1 aliphatic rings. The molecule has 1 aromatic rings. The third kappa shape index (κ3) is 2.27. The van der Waals surface area contributed by atoms with E-state index in [9.17, 15) is 0 Å². The molecular formula is C9H11BrN2O. The van der Waals surface area contributed by atoms with Crippen molar-refractivity contribution in [3.63, 3.8) is 0 Å². The summed E-state index contributed by atoms with van der Waals surface area (Å²) < 4.78 is 6.25. The Hall–Kier alpha value is -0.450. The van der Waals surface area contributed by atoms with Crippen LogP contribution >= 0.6 is 15.9 Å². The lowest BCUT2D eigenvalue weighted by Crippen LogP contribution is -2.34.